The van der Waals surface area contributed by atoms with E-state index in [1.807, 2.05) is 7.85 Å². The minimum atomic E-state index is 0.163. The van der Waals surface area contributed by atoms with Crippen LogP contribution in [0.1, 0.15) is 0 Å². The lowest BCUT2D eigenvalue weighted by Gasteiger charge is -2.30. The Bertz CT molecular complexity index is 72.4. The van der Waals surface area contributed by atoms with Crippen molar-refractivity contribution >= 4 is 7.85 Å². The summed E-state index contributed by atoms with van der Waals surface area (Å²) in [5.74, 6) is 0. The summed E-state index contributed by atoms with van der Waals surface area (Å²) in [5.41, 5.74) is 0. The van der Waals surface area contributed by atoms with Crippen LogP contribution < -0.4 is 5.06 Å². The lowest BCUT2D eigenvalue weighted by atomic mass is 9.99. The molecule has 0 amide bonds. The van der Waals surface area contributed by atoms with Gasteiger partial charge in [0.05, 0.1) is 19.2 Å². The van der Waals surface area contributed by atoms with Crippen molar-refractivity contribution in [2.24, 2.45) is 0 Å². The van der Waals surface area contributed by atoms with E-state index in [9.17, 15) is 5.21 Å². The van der Waals surface area contributed by atoms with Crippen LogP contribution in [0, 0.1) is 5.21 Å². The van der Waals surface area contributed by atoms with Crippen LogP contribution in [-0.4, -0.2) is 33.5 Å². The SMILES string of the molecule is BC1C[NH+]([O-])CCO1. The van der Waals surface area contributed by atoms with Crippen LogP contribution in [0.3, 0.4) is 0 Å². The molecule has 1 saturated heterocycles. The van der Waals surface area contributed by atoms with Gasteiger partial charge < -0.3 is 15.0 Å². The monoisotopic (exact) mass is 115 g/mol. The van der Waals surface area contributed by atoms with Crippen molar-refractivity contribution in [3.05, 3.63) is 5.21 Å². The van der Waals surface area contributed by atoms with Gasteiger partial charge in [0, 0.05) is 0 Å². The van der Waals surface area contributed by atoms with E-state index in [2.05, 4.69) is 0 Å². The molecule has 1 rings (SSSR count). The minimum absolute atomic E-state index is 0.163. The van der Waals surface area contributed by atoms with Crippen molar-refractivity contribution < 1.29 is 9.80 Å². The van der Waals surface area contributed by atoms with Gasteiger partial charge in [0.2, 0.25) is 0 Å². The molecule has 1 fully saturated rings. The molecule has 1 heterocycles. The maximum absolute atomic E-state index is 10.6. The molecule has 0 spiro atoms. The van der Waals surface area contributed by atoms with E-state index in [-0.39, 0.29) is 6.00 Å². The molecule has 2 atom stereocenters. The van der Waals surface area contributed by atoms with Gasteiger partial charge in [-0.15, -0.1) is 0 Å². The third kappa shape index (κ3) is 1.47. The highest BCUT2D eigenvalue weighted by Crippen LogP contribution is 1.83. The molecule has 0 radical (unpaired) electrons. The lowest BCUT2D eigenvalue weighted by molar-refractivity contribution is -0.859. The Hall–Kier alpha value is -0.0551. The fraction of sp³-hybridized carbons (Fsp3) is 1.00. The Morgan fingerprint density at radius 2 is 2.50 bits per heavy atom. The predicted molar refractivity (Wildman–Crippen MR) is 32.3 cm³/mol. The van der Waals surface area contributed by atoms with Crippen LogP contribution in [0.5, 0.6) is 0 Å². The first-order chi connectivity index (χ1) is 3.79. The molecule has 2 unspecified atom stereocenters. The highest BCUT2D eigenvalue weighted by atomic mass is 16.5. The van der Waals surface area contributed by atoms with Crippen LogP contribution in [0.4, 0.5) is 0 Å². The van der Waals surface area contributed by atoms with Gasteiger partial charge in [-0.2, -0.15) is 0 Å². The van der Waals surface area contributed by atoms with Crippen LogP contribution >= 0.6 is 0 Å². The van der Waals surface area contributed by atoms with E-state index in [4.69, 9.17) is 4.74 Å². The number of ether oxygens (including phenoxy) is 1. The molecule has 4 heteroatoms. The van der Waals surface area contributed by atoms with Gasteiger partial charge in [-0.1, -0.05) is 0 Å². The number of morpholine rings is 1. The minimum Gasteiger partial charge on any atom is -0.634 e. The summed E-state index contributed by atoms with van der Waals surface area (Å²) in [6, 6.07) is 0.163. The molecule has 1 N–H and O–H groups in total. The summed E-state index contributed by atoms with van der Waals surface area (Å²) in [6.07, 6.45) is 0. The highest BCUT2D eigenvalue weighted by Gasteiger charge is 2.12. The van der Waals surface area contributed by atoms with Crippen molar-refractivity contribution in [3.8, 4) is 0 Å². The molecule has 1 aliphatic heterocycles. The van der Waals surface area contributed by atoms with Crippen molar-refractivity contribution in [1.29, 1.82) is 0 Å². The first-order valence-corrected chi connectivity index (χ1v) is 2.92. The first kappa shape index (κ1) is 6.07. The number of quaternary nitrogens is 1. The van der Waals surface area contributed by atoms with Gasteiger partial charge >= 0.3 is 0 Å². The average molecular weight is 115 g/mol. The molecule has 0 aromatic rings. The van der Waals surface area contributed by atoms with Crippen molar-refractivity contribution in [2.45, 2.75) is 6.00 Å². The number of rotatable bonds is 0. The Morgan fingerprint density at radius 1 is 1.75 bits per heavy atom. The van der Waals surface area contributed by atoms with Crippen molar-refractivity contribution in [2.75, 3.05) is 19.7 Å². The lowest BCUT2D eigenvalue weighted by Crippen LogP contribution is -3.10. The van der Waals surface area contributed by atoms with E-state index >= 15 is 0 Å². The smallest absolute Gasteiger partial charge is 0.146 e. The Morgan fingerprint density at radius 3 is 2.88 bits per heavy atom. The van der Waals surface area contributed by atoms with Crippen LogP contribution in [-0.2, 0) is 4.74 Å². The largest absolute Gasteiger partial charge is 0.634 e. The van der Waals surface area contributed by atoms with Crippen LogP contribution in [0.2, 0.25) is 0 Å². The maximum atomic E-state index is 10.6. The Labute approximate surface area is 49.6 Å². The average Bonchev–Trinajstić information content (AvgIpc) is 1.64. The second-order valence-electron chi connectivity index (χ2n) is 2.17. The molecule has 3 nitrogen and oxygen atoms in total. The molecular formula is C4H10BNO2. The van der Waals surface area contributed by atoms with Crippen LogP contribution in [0.25, 0.3) is 0 Å². The van der Waals surface area contributed by atoms with E-state index in [0.29, 0.717) is 24.8 Å². The van der Waals surface area contributed by atoms with E-state index in [1.54, 1.807) is 0 Å². The van der Waals surface area contributed by atoms with Gasteiger partial charge in [-0.3, -0.25) is 0 Å². The van der Waals surface area contributed by atoms with Gasteiger partial charge in [0.15, 0.2) is 0 Å². The molecule has 0 aliphatic carbocycles. The van der Waals surface area contributed by atoms with Crippen molar-refractivity contribution in [3.63, 3.8) is 0 Å². The second kappa shape index (κ2) is 2.48. The summed E-state index contributed by atoms with van der Waals surface area (Å²) in [4.78, 5) is 0. The van der Waals surface area contributed by atoms with Crippen molar-refractivity contribution in [1.82, 2.24) is 0 Å². The molecule has 0 aromatic heterocycles. The summed E-state index contributed by atoms with van der Waals surface area (Å²) >= 11 is 0. The number of hydrogen-bond donors (Lipinski definition) is 1. The predicted octanol–water partition coefficient (Wildman–Crippen LogP) is -2.64. The summed E-state index contributed by atoms with van der Waals surface area (Å²) < 4.78 is 5.13. The number of hydrogen-bond acceptors (Lipinski definition) is 2. The summed E-state index contributed by atoms with van der Waals surface area (Å²) in [7, 11) is 1.93. The zero-order valence-corrected chi connectivity index (χ0v) is 5.02. The topological polar surface area (TPSA) is 36.7 Å². The molecule has 0 saturated carbocycles. The zero-order chi connectivity index (χ0) is 5.98. The molecule has 1 aliphatic rings. The fourth-order valence-corrected chi connectivity index (χ4v) is 0.856. The zero-order valence-electron chi connectivity index (χ0n) is 5.02. The van der Waals surface area contributed by atoms with Gasteiger partial charge in [0.25, 0.3) is 0 Å². The summed E-state index contributed by atoms with van der Waals surface area (Å²) in [6.45, 7) is 1.85. The third-order valence-electron chi connectivity index (χ3n) is 1.30. The van der Waals surface area contributed by atoms with Gasteiger partial charge in [-0.25, -0.2) is 0 Å². The second-order valence-corrected chi connectivity index (χ2v) is 2.17. The third-order valence-corrected chi connectivity index (χ3v) is 1.30. The highest BCUT2D eigenvalue weighted by molar-refractivity contribution is 6.11. The molecule has 0 bridgehead atoms. The van der Waals surface area contributed by atoms with Gasteiger partial charge in [-0.05, 0) is 0 Å². The molecule has 0 aromatic carbocycles. The summed E-state index contributed by atoms with van der Waals surface area (Å²) in [5, 5.41) is 10.9. The quantitative estimate of drug-likeness (QED) is 0.276. The van der Waals surface area contributed by atoms with Gasteiger partial charge in [0.1, 0.15) is 14.4 Å². The fourth-order valence-electron chi connectivity index (χ4n) is 0.856. The van der Waals surface area contributed by atoms with E-state index < -0.39 is 0 Å². The number of nitrogens with one attached hydrogen (secondary N) is 1. The molecule has 46 valence electrons. The van der Waals surface area contributed by atoms with E-state index in [1.165, 1.54) is 0 Å². The van der Waals surface area contributed by atoms with E-state index in [0.717, 1.165) is 0 Å². The molecular weight excluding hydrogens is 105 g/mol. The standard InChI is InChI=1S/C4H10BNO2/c5-4-3-6(7)1-2-8-4/h4,6H,1-3,5H2. The first-order valence-electron chi connectivity index (χ1n) is 2.92. The number of hydroxylamine groups is 2. The Balaban J connectivity index is 2.23. The normalized spacial score (nSPS) is 39.6. The Kier molecular flexibility index (Phi) is 1.88. The van der Waals surface area contributed by atoms with Crippen LogP contribution in [0.15, 0.2) is 0 Å². The molecule has 8 heavy (non-hydrogen) atoms. The maximum Gasteiger partial charge on any atom is 0.146 e.